The molecule has 104 valence electrons. The molecule has 0 radical (unpaired) electrons. The molecule has 20 heavy (non-hydrogen) atoms. The maximum absolute atomic E-state index is 12.0. The van der Waals surface area contributed by atoms with Gasteiger partial charge in [-0.1, -0.05) is 13.0 Å². The molecule has 0 bridgehead atoms. The molecule has 2 amide bonds. The van der Waals surface area contributed by atoms with E-state index in [2.05, 4.69) is 5.32 Å². The summed E-state index contributed by atoms with van der Waals surface area (Å²) in [5.41, 5.74) is 2.11. The number of oxazole rings is 1. The average molecular weight is 274 g/mol. The Kier molecular flexibility index (Phi) is 2.93. The van der Waals surface area contributed by atoms with Gasteiger partial charge in [0, 0.05) is 6.42 Å². The second-order valence-electron chi connectivity index (χ2n) is 4.86. The van der Waals surface area contributed by atoms with Crippen molar-refractivity contribution in [2.45, 2.75) is 32.2 Å². The van der Waals surface area contributed by atoms with Crippen LogP contribution >= 0.6 is 0 Å². The smallest absolute Gasteiger partial charge is 0.408 e. The van der Waals surface area contributed by atoms with Crippen LogP contribution in [-0.4, -0.2) is 16.4 Å². The third kappa shape index (κ3) is 1.93. The number of benzene rings is 1. The number of aryl methyl sites for hydroxylation is 1. The van der Waals surface area contributed by atoms with Crippen LogP contribution in [0.15, 0.2) is 27.4 Å². The molecule has 1 fully saturated rings. The van der Waals surface area contributed by atoms with Gasteiger partial charge in [0.1, 0.15) is 6.04 Å². The van der Waals surface area contributed by atoms with Gasteiger partial charge in [0.25, 0.3) is 0 Å². The standard InChI is InChI=1S/C14H14N2O4/c1-2-8-3-4-9-11(7-8)20-14(19)16(9)10-5-6-12(17)15-13(10)18/h3-4,7,10H,2,5-6H2,1H3,(H,15,17,18)/t10-/m1/s1. The highest BCUT2D eigenvalue weighted by atomic mass is 16.4. The van der Waals surface area contributed by atoms with E-state index >= 15 is 0 Å². The van der Waals surface area contributed by atoms with E-state index in [0.29, 0.717) is 17.5 Å². The molecule has 6 nitrogen and oxygen atoms in total. The Morgan fingerprint density at radius 2 is 2.15 bits per heavy atom. The number of piperidine rings is 1. The zero-order valence-electron chi connectivity index (χ0n) is 11.0. The summed E-state index contributed by atoms with van der Waals surface area (Å²) < 4.78 is 6.54. The fraction of sp³-hybridized carbons (Fsp3) is 0.357. The molecule has 2 aromatic rings. The normalized spacial score (nSPS) is 19.4. The molecular weight excluding hydrogens is 260 g/mol. The van der Waals surface area contributed by atoms with E-state index < -0.39 is 17.7 Å². The van der Waals surface area contributed by atoms with Crippen LogP contribution < -0.4 is 11.1 Å². The summed E-state index contributed by atoms with van der Waals surface area (Å²) in [4.78, 5) is 35.1. The first-order valence-corrected chi connectivity index (χ1v) is 6.58. The van der Waals surface area contributed by atoms with Gasteiger partial charge in [-0.2, -0.15) is 0 Å². The number of nitrogens with one attached hydrogen (secondary N) is 1. The van der Waals surface area contributed by atoms with Crippen molar-refractivity contribution in [1.82, 2.24) is 9.88 Å². The summed E-state index contributed by atoms with van der Waals surface area (Å²) in [6.07, 6.45) is 1.38. The van der Waals surface area contributed by atoms with Crippen molar-refractivity contribution in [2.24, 2.45) is 0 Å². The van der Waals surface area contributed by atoms with Crippen LogP contribution in [0.5, 0.6) is 0 Å². The number of carbonyl (C=O) groups is 2. The molecular formula is C14H14N2O4. The van der Waals surface area contributed by atoms with Crippen molar-refractivity contribution in [3.8, 4) is 0 Å². The Hall–Kier alpha value is -2.37. The number of hydrogen-bond donors (Lipinski definition) is 1. The highest BCUT2D eigenvalue weighted by Gasteiger charge is 2.31. The zero-order chi connectivity index (χ0) is 14.3. The first-order chi connectivity index (χ1) is 9.60. The number of fused-ring (bicyclic) bond motifs is 1. The van der Waals surface area contributed by atoms with Crippen molar-refractivity contribution in [3.05, 3.63) is 34.3 Å². The minimum Gasteiger partial charge on any atom is -0.408 e. The van der Waals surface area contributed by atoms with Crippen LogP contribution in [0.1, 0.15) is 31.4 Å². The van der Waals surface area contributed by atoms with Gasteiger partial charge in [0.15, 0.2) is 5.58 Å². The number of amides is 2. The van der Waals surface area contributed by atoms with Gasteiger partial charge >= 0.3 is 5.76 Å². The second kappa shape index (κ2) is 4.63. The molecule has 1 aliphatic heterocycles. The first-order valence-electron chi connectivity index (χ1n) is 6.58. The van der Waals surface area contributed by atoms with Crippen LogP contribution in [0.2, 0.25) is 0 Å². The Labute approximate surface area is 114 Å². The van der Waals surface area contributed by atoms with Crippen LogP contribution in [0.25, 0.3) is 11.1 Å². The lowest BCUT2D eigenvalue weighted by molar-refractivity contribution is -0.135. The van der Waals surface area contributed by atoms with E-state index in [1.165, 1.54) is 4.57 Å². The van der Waals surface area contributed by atoms with Gasteiger partial charge < -0.3 is 4.42 Å². The van der Waals surface area contributed by atoms with Crippen molar-refractivity contribution in [1.29, 1.82) is 0 Å². The van der Waals surface area contributed by atoms with Crippen molar-refractivity contribution in [3.63, 3.8) is 0 Å². The molecule has 3 rings (SSSR count). The zero-order valence-corrected chi connectivity index (χ0v) is 11.0. The van der Waals surface area contributed by atoms with E-state index in [9.17, 15) is 14.4 Å². The molecule has 6 heteroatoms. The highest BCUT2D eigenvalue weighted by Crippen LogP contribution is 2.23. The molecule has 0 aliphatic carbocycles. The van der Waals surface area contributed by atoms with E-state index in [1.54, 1.807) is 12.1 Å². The fourth-order valence-corrected chi connectivity index (χ4v) is 2.52. The summed E-state index contributed by atoms with van der Waals surface area (Å²) in [7, 11) is 0. The Morgan fingerprint density at radius 1 is 1.35 bits per heavy atom. The molecule has 1 aliphatic rings. The van der Waals surface area contributed by atoms with Gasteiger partial charge in [0.2, 0.25) is 11.8 Å². The van der Waals surface area contributed by atoms with Crippen LogP contribution in [0.4, 0.5) is 0 Å². The summed E-state index contributed by atoms with van der Waals surface area (Å²) in [5, 5.41) is 2.25. The third-order valence-corrected chi connectivity index (χ3v) is 3.61. The molecule has 0 unspecified atom stereocenters. The molecule has 1 N–H and O–H groups in total. The summed E-state index contributed by atoms with van der Waals surface area (Å²) in [6.45, 7) is 2.01. The van der Waals surface area contributed by atoms with E-state index in [0.717, 1.165) is 12.0 Å². The van der Waals surface area contributed by atoms with Crippen LogP contribution in [0, 0.1) is 0 Å². The topological polar surface area (TPSA) is 81.3 Å². The summed E-state index contributed by atoms with van der Waals surface area (Å²) >= 11 is 0. The number of nitrogens with zero attached hydrogens (tertiary/aromatic N) is 1. The monoisotopic (exact) mass is 274 g/mol. The summed E-state index contributed by atoms with van der Waals surface area (Å²) in [6, 6.07) is 4.80. The largest absolute Gasteiger partial charge is 0.420 e. The molecule has 1 aromatic carbocycles. The first kappa shape index (κ1) is 12.7. The minimum atomic E-state index is -0.686. The summed E-state index contributed by atoms with van der Waals surface area (Å²) in [5.74, 6) is -1.33. The van der Waals surface area contributed by atoms with Gasteiger partial charge in [-0.3, -0.25) is 19.5 Å². The number of imide groups is 1. The lowest BCUT2D eigenvalue weighted by atomic mass is 10.1. The van der Waals surface area contributed by atoms with Gasteiger partial charge in [-0.15, -0.1) is 0 Å². The lowest BCUT2D eigenvalue weighted by Gasteiger charge is -2.21. The highest BCUT2D eigenvalue weighted by molar-refractivity contribution is 6.00. The van der Waals surface area contributed by atoms with Gasteiger partial charge in [-0.05, 0) is 30.5 Å². The minimum absolute atomic E-state index is 0.225. The number of aromatic nitrogens is 1. The molecule has 1 atom stereocenters. The molecule has 0 saturated carbocycles. The second-order valence-corrected chi connectivity index (χ2v) is 4.86. The molecule has 0 spiro atoms. The Balaban J connectivity index is 2.12. The van der Waals surface area contributed by atoms with Crippen molar-refractivity contribution >= 4 is 22.9 Å². The van der Waals surface area contributed by atoms with E-state index in [4.69, 9.17) is 4.42 Å². The Bertz CT molecular complexity index is 756. The van der Waals surface area contributed by atoms with E-state index in [1.807, 2.05) is 13.0 Å². The third-order valence-electron chi connectivity index (χ3n) is 3.61. The van der Waals surface area contributed by atoms with Gasteiger partial charge in [-0.25, -0.2) is 4.79 Å². The Morgan fingerprint density at radius 3 is 2.85 bits per heavy atom. The maximum Gasteiger partial charge on any atom is 0.420 e. The average Bonchev–Trinajstić information content (AvgIpc) is 2.74. The number of rotatable bonds is 2. The quantitative estimate of drug-likeness (QED) is 0.832. The number of hydrogen-bond acceptors (Lipinski definition) is 4. The van der Waals surface area contributed by atoms with Crippen molar-refractivity contribution < 1.29 is 14.0 Å². The molecule has 2 heterocycles. The maximum atomic E-state index is 12.0. The van der Waals surface area contributed by atoms with Crippen molar-refractivity contribution in [2.75, 3.05) is 0 Å². The predicted octanol–water partition coefficient (Wildman–Crippen LogP) is 1.13. The predicted molar refractivity (Wildman–Crippen MR) is 71.3 cm³/mol. The lowest BCUT2D eigenvalue weighted by Crippen LogP contribution is -2.43. The van der Waals surface area contributed by atoms with Crippen LogP contribution in [-0.2, 0) is 16.0 Å². The SMILES string of the molecule is CCc1ccc2c(c1)oc(=O)n2[C@@H]1CCC(=O)NC1=O. The van der Waals surface area contributed by atoms with E-state index in [-0.39, 0.29) is 12.3 Å². The molecule has 1 saturated heterocycles. The van der Waals surface area contributed by atoms with Crippen LogP contribution in [0.3, 0.4) is 0 Å². The fourth-order valence-electron chi connectivity index (χ4n) is 2.52. The number of carbonyl (C=O) groups excluding carboxylic acids is 2. The molecule has 1 aromatic heterocycles. The van der Waals surface area contributed by atoms with Gasteiger partial charge in [0.05, 0.1) is 5.52 Å².